The summed E-state index contributed by atoms with van der Waals surface area (Å²) >= 11 is 0. The van der Waals surface area contributed by atoms with Crippen molar-refractivity contribution in [1.29, 1.82) is 0 Å². The Morgan fingerprint density at radius 2 is 1.79 bits per heavy atom. The average Bonchev–Trinajstić information content (AvgIpc) is 3.24. The summed E-state index contributed by atoms with van der Waals surface area (Å²) in [4.78, 5) is 15.2. The zero-order chi connectivity index (χ0) is 24.3. The summed E-state index contributed by atoms with van der Waals surface area (Å²) < 4.78 is 35.6. The normalized spacial score (nSPS) is 21.9. The fourth-order valence-corrected chi connectivity index (χ4v) is 6.31. The van der Waals surface area contributed by atoms with Crippen molar-refractivity contribution in [2.75, 3.05) is 37.7 Å². The lowest BCUT2D eigenvalue weighted by atomic mass is 9.87. The predicted octanol–water partition coefficient (Wildman–Crippen LogP) is 2.64. The molecule has 2 aliphatic rings. The molecule has 4 rings (SSSR count). The first-order chi connectivity index (χ1) is 16.3. The molecular weight excluding hydrogens is 454 g/mol. The highest BCUT2D eigenvalue weighted by atomic mass is 32.2. The van der Waals surface area contributed by atoms with E-state index in [9.17, 15) is 13.2 Å². The number of amides is 1. The van der Waals surface area contributed by atoms with Crippen molar-refractivity contribution < 1.29 is 17.9 Å². The van der Waals surface area contributed by atoms with Gasteiger partial charge in [0, 0.05) is 45.5 Å². The van der Waals surface area contributed by atoms with Crippen LogP contribution in [0.5, 0.6) is 5.75 Å². The number of nitrogens with zero attached hydrogens (tertiary/aromatic N) is 4. The van der Waals surface area contributed by atoms with E-state index in [1.165, 1.54) is 15.2 Å². The molecule has 1 amide bonds. The molecule has 9 nitrogen and oxygen atoms in total. The minimum atomic E-state index is -3.91. The van der Waals surface area contributed by atoms with Crippen LogP contribution in [0.25, 0.3) is 0 Å². The number of para-hydroxylation sites is 2. The quantitative estimate of drug-likeness (QED) is 0.642. The Balaban J connectivity index is 1.47. The molecule has 1 saturated heterocycles. The summed E-state index contributed by atoms with van der Waals surface area (Å²) in [6, 6.07) is 7.87. The van der Waals surface area contributed by atoms with Crippen molar-refractivity contribution >= 4 is 21.6 Å². The summed E-state index contributed by atoms with van der Waals surface area (Å²) in [5.41, 5.74) is 1.08. The maximum Gasteiger partial charge on any atom is 0.263 e. The van der Waals surface area contributed by atoms with Gasteiger partial charge in [0.05, 0.1) is 17.9 Å². The Morgan fingerprint density at radius 3 is 2.47 bits per heavy atom. The van der Waals surface area contributed by atoms with Crippen LogP contribution in [0.4, 0.5) is 5.69 Å². The molecule has 186 valence electrons. The Bertz CT molecular complexity index is 1100. The van der Waals surface area contributed by atoms with Crippen LogP contribution in [0.1, 0.15) is 49.9 Å². The van der Waals surface area contributed by atoms with Gasteiger partial charge in [-0.15, -0.1) is 0 Å². The number of nitrogens with one attached hydrogen (secondary N) is 1. The van der Waals surface area contributed by atoms with Crippen molar-refractivity contribution in [2.24, 2.45) is 13.0 Å². The van der Waals surface area contributed by atoms with Crippen LogP contribution in [-0.4, -0.2) is 67.2 Å². The number of rotatable bonds is 7. The highest BCUT2D eigenvalue weighted by Crippen LogP contribution is 2.30. The number of benzene rings is 1. The van der Waals surface area contributed by atoms with Crippen molar-refractivity contribution in [3.05, 3.63) is 36.0 Å². The van der Waals surface area contributed by atoms with Crippen LogP contribution in [0.3, 0.4) is 0 Å². The molecule has 0 unspecified atom stereocenters. The highest BCUT2D eigenvalue weighted by molar-refractivity contribution is 7.89. The third kappa shape index (κ3) is 5.22. The second-order valence-electron chi connectivity index (χ2n) is 9.24. The number of carbonyl (C=O) groups excluding carboxylic acids is 1. The van der Waals surface area contributed by atoms with Crippen LogP contribution >= 0.6 is 0 Å². The molecule has 1 N–H and O–H groups in total. The van der Waals surface area contributed by atoms with E-state index in [-0.39, 0.29) is 22.5 Å². The zero-order valence-electron chi connectivity index (χ0n) is 20.2. The van der Waals surface area contributed by atoms with E-state index in [2.05, 4.69) is 22.2 Å². The molecule has 34 heavy (non-hydrogen) atoms. The summed E-state index contributed by atoms with van der Waals surface area (Å²) in [6.45, 7) is 6.39. The van der Waals surface area contributed by atoms with Gasteiger partial charge < -0.3 is 15.0 Å². The second kappa shape index (κ2) is 10.4. The molecular formula is C24H35N5O4S. The third-order valence-corrected chi connectivity index (χ3v) is 8.55. The molecule has 2 heterocycles. The van der Waals surface area contributed by atoms with E-state index >= 15 is 0 Å². The third-order valence-electron chi connectivity index (χ3n) is 6.72. The monoisotopic (exact) mass is 489 g/mol. The van der Waals surface area contributed by atoms with Gasteiger partial charge in [-0.05, 0) is 50.7 Å². The minimum absolute atomic E-state index is 0.0772. The minimum Gasteiger partial charge on any atom is -0.492 e. The fraction of sp³-hybridized carbons (Fsp3) is 0.583. The molecule has 0 atom stereocenters. The second-order valence-corrected chi connectivity index (χ2v) is 11.1. The zero-order valence-corrected chi connectivity index (χ0v) is 21.1. The SMILES string of the molecule is CCOc1ccccc1N1CCN(S(=O)(=O)c2nn(C)cc2C(=O)NC2CCC(C)CC2)CC1. The first-order valence-electron chi connectivity index (χ1n) is 12.1. The first kappa shape index (κ1) is 24.5. The molecule has 1 saturated carbocycles. The smallest absolute Gasteiger partial charge is 0.263 e. The average molecular weight is 490 g/mol. The van der Waals surface area contributed by atoms with E-state index in [0.29, 0.717) is 38.7 Å². The molecule has 0 bridgehead atoms. The lowest BCUT2D eigenvalue weighted by Gasteiger charge is -2.35. The number of sulfonamides is 1. The highest BCUT2D eigenvalue weighted by Gasteiger charge is 2.35. The number of hydrogen-bond donors (Lipinski definition) is 1. The molecule has 2 fully saturated rings. The number of carbonyl (C=O) groups is 1. The van der Waals surface area contributed by atoms with Crippen LogP contribution in [0, 0.1) is 5.92 Å². The Hall–Kier alpha value is -2.59. The van der Waals surface area contributed by atoms with E-state index in [0.717, 1.165) is 37.1 Å². The number of aromatic nitrogens is 2. The lowest BCUT2D eigenvalue weighted by Crippen LogP contribution is -2.49. The van der Waals surface area contributed by atoms with Crippen molar-refractivity contribution in [3.8, 4) is 5.75 Å². The lowest BCUT2D eigenvalue weighted by molar-refractivity contribution is 0.0919. The summed E-state index contributed by atoms with van der Waals surface area (Å²) in [5.74, 6) is 1.10. The summed E-state index contributed by atoms with van der Waals surface area (Å²) in [5, 5.41) is 7.06. The van der Waals surface area contributed by atoms with Gasteiger partial charge in [-0.2, -0.15) is 9.40 Å². The topological polar surface area (TPSA) is 96.8 Å². The van der Waals surface area contributed by atoms with Gasteiger partial charge in [0.15, 0.2) is 0 Å². The van der Waals surface area contributed by atoms with Crippen molar-refractivity contribution in [2.45, 2.75) is 50.6 Å². The largest absolute Gasteiger partial charge is 0.492 e. The molecule has 1 aromatic heterocycles. The number of anilines is 1. The van der Waals surface area contributed by atoms with Gasteiger partial charge in [-0.25, -0.2) is 8.42 Å². The maximum atomic E-state index is 13.5. The Labute approximate surface area is 202 Å². The maximum absolute atomic E-state index is 13.5. The summed E-state index contributed by atoms with van der Waals surface area (Å²) in [7, 11) is -2.27. The number of piperazine rings is 1. The van der Waals surface area contributed by atoms with Crippen molar-refractivity contribution in [1.82, 2.24) is 19.4 Å². The number of hydrogen-bond acceptors (Lipinski definition) is 6. The molecule has 1 aliphatic heterocycles. The summed E-state index contributed by atoms with van der Waals surface area (Å²) in [6.07, 6.45) is 5.48. The van der Waals surface area contributed by atoms with Gasteiger partial charge in [0.2, 0.25) is 5.03 Å². The Morgan fingerprint density at radius 1 is 1.12 bits per heavy atom. The van der Waals surface area contributed by atoms with Gasteiger partial charge in [0.25, 0.3) is 15.9 Å². The standard InChI is InChI=1S/C24H35N5O4S/c1-4-33-22-8-6-5-7-21(22)28-13-15-29(16-14-28)34(31,32)24-20(17-27(3)26-24)23(30)25-19-11-9-18(2)10-12-19/h5-8,17-19H,4,9-16H2,1-3H3,(H,25,30). The van der Waals surface area contributed by atoms with Crippen LogP contribution in [0.2, 0.25) is 0 Å². The Kier molecular flexibility index (Phi) is 7.47. The van der Waals surface area contributed by atoms with E-state index in [4.69, 9.17) is 4.74 Å². The van der Waals surface area contributed by atoms with E-state index < -0.39 is 10.0 Å². The molecule has 1 aliphatic carbocycles. The first-order valence-corrected chi connectivity index (χ1v) is 13.5. The van der Waals surface area contributed by atoms with Gasteiger partial charge >= 0.3 is 0 Å². The molecule has 0 spiro atoms. The van der Waals surface area contributed by atoms with Crippen LogP contribution in [-0.2, 0) is 17.1 Å². The number of aryl methyl sites for hydroxylation is 1. The molecule has 2 aromatic rings. The predicted molar refractivity (Wildman–Crippen MR) is 131 cm³/mol. The van der Waals surface area contributed by atoms with Crippen LogP contribution < -0.4 is 15.0 Å². The fourth-order valence-electron chi connectivity index (χ4n) is 4.77. The van der Waals surface area contributed by atoms with E-state index in [1.54, 1.807) is 7.05 Å². The molecule has 1 aromatic carbocycles. The van der Waals surface area contributed by atoms with Gasteiger partial charge in [-0.1, -0.05) is 19.1 Å². The molecule has 0 radical (unpaired) electrons. The van der Waals surface area contributed by atoms with Crippen molar-refractivity contribution in [3.63, 3.8) is 0 Å². The van der Waals surface area contributed by atoms with Gasteiger partial charge in [0.1, 0.15) is 5.75 Å². The van der Waals surface area contributed by atoms with Gasteiger partial charge in [-0.3, -0.25) is 9.48 Å². The molecule has 10 heteroatoms. The van der Waals surface area contributed by atoms with Crippen LogP contribution in [0.15, 0.2) is 35.5 Å². The van der Waals surface area contributed by atoms with E-state index in [1.807, 2.05) is 31.2 Å². The number of ether oxygens (including phenoxy) is 1.